The maximum atomic E-state index is 14.0. The SMILES string of the molecule is O=C1NCCN(S(=O)(=O)c2cc(F)ccc2F)[C@H]1c1ccccc1. The summed E-state index contributed by atoms with van der Waals surface area (Å²) in [6.45, 7) is 0.0575. The Balaban J connectivity index is 2.10. The van der Waals surface area contributed by atoms with Crippen molar-refractivity contribution < 1.29 is 22.0 Å². The molecule has 126 valence electrons. The first-order valence-electron chi connectivity index (χ1n) is 7.21. The first-order chi connectivity index (χ1) is 11.4. The van der Waals surface area contributed by atoms with E-state index in [9.17, 15) is 22.0 Å². The van der Waals surface area contributed by atoms with Gasteiger partial charge in [0.15, 0.2) is 0 Å². The van der Waals surface area contributed by atoms with Crippen molar-refractivity contribution in [3.63, 3.8) is 0 Å². The molecular formula is C16H14F2N2O3S. The highest BCUT2D eigenvalue weighted by Crippen LogP contribution is 2.30. The van der Waals surface area contributed by atoms with Gasteiger partial charge in [-0.3, -0.25) is 4.79 Å². The number of nitrogens with zero attached hydrogens (tertiary/aromatic N) is 1. The van der Waals surface area contributed by atoms with E-state index in [0.29, 0.717) is 11.6 Å². The molecule has 1 heterocycles. The second-order valence-corrected chi connectivity index (χ2v) is 7.15. The number of amides is 1. The van der Waals surface area contributed by atoms with Gasteiger partial charge in [0.05, 0.1) is 0 Å². The Hall–Kier alpha value is -2.32. The number of hydrogen-bond acceptors (Lipinski definition) is 3. The molecule has 1 saturated heterocycles. The number of hydrogen-bond donors (Lipinski definition) is 1. The predicted octanol–water partition coefficient (Wildman–Crippen LogP) is 1.83. The quantitative estimate of drug-likeness (QED) is 0.916. The van der Waals surface area contributed by atoms with Crippen molar-refractivity contribution in [1.82, 2.24) is 9.62 Å². The fourth-order valence-corrected chi connectivity index (χ4v) is 4.31. The van der Waals surface area contributed by atoms with Crippen LogP contribution >= 0.6 is 0 Å². The molecular weight excluding hydrogens is 338 g/mol. The Morgan fingerprint density at radius 3 is 2.50 bits per heavy atom. The van der Waals surface area contributed by atoms with Crippen LogP contribution in [0.3, 0.4) is 0 Å². The Kier molecular flexibility index (Phi) is 4.33. The van der Waals surface area contributed by atoms with Gasteiger partial charge in [0, 0.05) is 13.1 Å². The van der Waals surface area contributed by atoms with Gasteiger partial charge in [0.25, 0.3) is 0 Å². The molecule has 1 aliphatic heterocycles. The average Bonchev–Trinajstić information content (AvgIpc) is 2.57. The van der Waals surface area contributed by atoms with E-state index < -0.39 is 38.5 Å². The molecule has 2 aromatic rings. The first-order valence-corrected chi connectivity index (χ1v) is 8.65. The second kappa shape index (κ2) is 6.29. The Morgan fingerprint density at radius 1 is 1.08 bits per heavy atom. The summed E-state index contributed by atoms with van der Waals surface area (Å²) in [6.07, 6.45) is 0. The van der Waals surface area contributed by atoms with Crippen LogP contribution in [0.15, 0.2) is 53.4 Å². The summed E-state index contributed by atoms with van der Waals surface area (Å²) >= 11 is 0. The molecule has 1 fully saturated rings. The molecule has 0 saturated carbocycles. The van der Waals surface area contributed by atoms with Gasteiger partial charge in [-0.15, -0.1) is 0 Å². The third-order valence-corrected chi connectivity index (χ3v) is 5.64. The van der Waals surface area contributed by atoms with E-state index in [1.807, 2.05) is 0 Å². The molecule has 3 rings (SSSR count). The van der Waals surface area contributed by atoms with Gasteiger partial charge in [0.2, 0.25) is 15.9 Å². The van der Waals surface area contributed by atoms with Gasteiger partial charge in [-0.05, 0) is 23.8 Å². The number of benzene rings is 2. The normalized spacial score (nSPS) is 19.1. The second-order valence-electron chi connectivity index (χ2n) is 5.29. The minimum Gasteiger partial charge on any atom is -0.353 e. The van der Waals surface area contributed by atoms with Crippen molar-refractivity contribution in [3.8, 4) is 0 Å². The molecule has 1 amide bonds. The minimum atomic E-state index is -4.39. The molecule has 0 radical (unpaired) electrons. The molecule has 1 atom stereocenters. The highest BCUT2D eigenvalue weighted by molar-refractivity contribution is 7.89. The van der Waals surface area contributed by atoms with E-state index in [2.05, 4.69) is 5.32 Å². The third kappa shape index (κ3) is 2.90. The highest BCUT2D eigenvalue weighted by Gasteiger charge is 2.40. The Morgan fingerprint density at radius 2 is 1.79 bits per heavy atom. The number of carbonyl (C=O) groups excluding carboxylic acids is 1. The summed E-state index contributed by atoms with van der Waals surface area (Å²) in [5.74, 6) is -2.44. The van der Waals surface area contributed by atoms with E-state index >= 15 is 0 Å². The molecule has 5 nitrogen and oxygen atoms in total. The zero-order chi connectivity index (χ0) is 17.3. The van der Waals surface area contributed by atoms with Crippen LogP contribution in [0.2, 0.25) is 0 Å². The zero-order valence-corrected chi connectivity index (χ0v) is 13.3. The molecule has 1 aliphatic rings. The number of carbonyl (C=O) groups is 1. The lowest BCUT2D eigenvalue weighted by Crippen LogP contribution is -2.52. The van der Waals surface area contributed by atoms with Crippen LogP contribution in [0.25, 0.3) is 0 Å². The lowest BCUT2D eigenvalue weighted by atomic mass is 10.1. The molecule has 0 bridgehead atoms. The van der Waals surface area contributed by atoms with Crippen LogP contribution in [0.1, 0.15) is 11.6 Å². The monoisotopic (exact) mass is 352 g/mol. The fraction of sp³-hybridized carbons (Fsp3) is 0.188. The average molecular weight is 352 g/mol. The van der Waals surface area contributed by atoms with E-state index in [-0.39, 0.29) is 13.1 Å². The topological polar surface area (TPSA) is 66.5 Å². The van der Waals surface area contributed by atoms with Crippen molar-refractivity contribution in [2.24, 2.45) is 0 Å². The van der Waals surface area contributed by atoms with Gasteiger partial charge in [-0.2, -0.15) is 4.31 Å². The molecule has 0 unspecified atom stereocenters. The first kappa shape index (κ1) is 16.5. The molecule has 2 aromatic carbocycles. The zero-order valence-electron chi connectivity index (χ0n) is 12.4. The fourth-order valence-electron chi connectivity index (χ4n) is 2.66. The van der Waals surface area contributed by atoms with E-state index in [0.717, 1.165) is 16.4 Å². The summed E-state index contributed by atoms with van der Waals surface area (Å²) in [5, 5.41) is 2.60. The summed E-state index contributed by atoms with van der Waals surface area (Å²) in [7, 11) is -4.39. The van der Waals surface area contributed by atoms with E-state index in [1.54, 1.807) is 30.3 Å². The number of piperazine rings is 1. The molecule has 24 heavy (non-hydrogen) atoms. The molecule has 1 N–H and O–H groups in total. The number of halogens is 2. The van der Waals surface area contributed by atoms with Crippen LogP contribution in [-0.4, -0.2) is 31.7 Å². The lowest BCUT2D eigenvalue weighted by molar-refractivity contribution is -0.126. The molecule has 0 aromatic heterocycles. The van der Waals surface area contributed by atoms with Crippen LogP contribution in [0, 0.1) is 11.6 Å². The maximum absolute atomic E-state index is 14.0. The maximum Gasteiger partial charge on any atom is 0.247 e. The van der Waals surface area contributed by atoms with Gasteiger partial charge in [0.1, 0.15) is 22.6 Å². The summed E-state index contributed by atoms with van der Waals surface area (Å²) in [4.78, 5) is 11.5. The van der Waals surface area contributed by atoms with Gasteiger partial charge in [-0.25, -0.2) is 17.2 Å². The predicted molar refractivity (Wildman–Crippen MR) is 82.4 cm³/mol. The van der Waals surface area contributed by atoms with Crippen molar-refractivity contribution in [3.05, 3.63) is 65.7 Å². The Labute approximate surface area is 138 Å². The van der Waals surface area contributed by atoms with Crippen molar-refractivity contribution >= 4 is 15.9 Å². The summed E-state index contributed by atoms with van der Waals surface area (Å²) in [6, 6.07) is 9.38. The number of nitrogens with one attached hydrogen (secondary N) is 1. The number of sulfonamides is 1. The third-order valence-electron chi connectivity index (χ3n) is 3.76. The number of rotatable bonds is 3. The minimum absolute atomic E-state index is 0.0381. The standard InChI is InChI=1S/C16H14F2N2O3S/c17-12-6-7-13(18)14(10-12)24(22,23)20-9-8-19-16(21)15(20)11-4-2-1-3-5-11/h1-7,10,15H,8-9H2,(H,19,21)/t15-/m0/s1. The highest BCUT2D eigenvalue weighted by atomic mass is 32.2. The summed E-state index contributed by atoms with van der Waals surface area (Å²) in [5.41, 5.74) is 0.454. The Bertz CT molecular complexity index is 872. The van der Waals surface area contributed by atoms with Crippen LogP contribution < -0.4 is 5.32 Å². The molecule has 0 spiro atoms. The van der Waals surface area contributed by atoms with Crippen molar-refractivity contribution in [2.75, 3.05) is 13.1 Å². The molecule has 0 aliphatic carbocycles. The van der Waals surface area contributed by atoms with Crippen LogP contribution in [0.5, 0.6) is 0 Å². The van der Waals surface area contributed by atoms with Gasteiger partial charge >= 0.3 is 0 Å². The van der Waals surface area contributed by atoms with Crippen molar-refractivity contribution in [1.29, 1.82) is 0 Å². The van der Waals surface area contributed by atoms with Crippen molar-refractivity contribution in [2.45, 2.75) is 10.9 Å². The molecule has 8 heteroatoms. The van der Waals surface area contributed by atoms with E-state index in [4.69, 9.17) is 0 Å². The van der Waals surface area contributed by atoms with Crippen LogP contribution in [0.4, 0.5) is 8.78 Å². The van der Waals surface area contributed by atoms with Gasteiger partial charge in [-0.1, -0.05) is 30.3 Å². The smallest absolute Gasteiger partial charge is 0.247 e. The summed E-state index contributed by atoms with van der Waals surface area (Å²) < 4.78 is 53.9. The lowest BCUT2D eigenvalue weighted by Gasteiger charge is -2.34. The largest absolute Gasteiger partial charge is 0.353 e. The van der Waals surface area contributed by atoms with Gasteiger partial charge < -0.3 is 5.32 Å². The van der Waals surface area contributed by atoms with Crippen LogP contribution in [-0.2, 0) is 14.8 Å². The van der Waals surface area contributed by atoms with E-state index in [1.165, 1.54) is 0 Å².